The number of anilines is 2. The summed E-state index contributed by atoms with van der Waals surface area (Å²) in [5, 5.41) is 14.7. The summed E-state index contributed by atoms with van der Waals surface area (Å²) in [6, 6.07) is 13.4. The molecule has 3 rings (SSSR count). The zero-order chi connectivity index (χ0) is 20.5. The van der Waals surface area contributed by atoms with Crippen LogP contribution in [0.2, 0.25) is 0 Å². The quantitative estimate of drug-likeness (QED) is 0.711. The second kappa shape index (κ2) is 7.34. The molecule has 2 amide bonds. The van der Waals surface area contributed by atoms with Gasteiger partial charge in [-0.2, -0.15) is 0 Å². The summed E-state index contributed by atoms with van der Waals surface area (Å²) < 4.78 is 5.08. The van der Waals surface area contributed by atoms with E-state index in [4.69, 9.17) is 4.74 Å². The van der Waals surface area contributed by atoms with E-state index in [9.17, 15) is 19.5 Å². The van der Waals surface area contributed by atoms with Gasteiger partial charge in [0.05, 0.1) is 18.9 Å². The standard InChI is InChI=1S/C21H22N2O5/c1-21(2)16(17(21)20(26)27)19(25)23-13-6-4-12(5-7-13)18(24)22-14-8-10-15(28-3)11-9-14/h4-11,16-17H,1-3H3,(H,22,24)(H,23,25)(H,26,27)/t16-,17-/m0/s1. The summed E-state index contributed by atoms with van der Waals surface area (Å²) in [5.41, 5.74) is 1.02. The van der Waals surface area contributed by atoms with Crippen LogP contribution >= 0.6 is 0 Å². The van der Waals surface area contributed by atoms with Crippen LogP contribution in [0.3, 0.4) is 0 Å². The van der Waals surface area contributed by atoms with Crippen molar-refractivity contribution in [1.29, 1.82) is 0 Å². The summed E-state index contributed by atoms with van der Waals surface area (Å²) in [6.45, 7) is 3.53. The Morgan fingerprint density at radius 2 is 1.43 bits per heavy atom. The number of carboxylic acid groups (broad SMARTS) is 1. The lowest BCUT2D eigenvalue weighted by molar-refractivity contribution is -0.140. The molecule has 0 bridgehead atoms. The fourth-order valence-corrected chi connectivity index (χ4v) is 3.39. The number of carbonyl (C=O) groups is 3. The van der Waals surface area contributed by atoms with Gasteiger partial charge in [-0.15, -0.1) is 0 Å². The third-order valence-electron chi connectivity index (χ3n) is 5.14. The minimum Gasteiger partial charge on any atom is -0.497 e. The van der Waals surface area contributed by atoms with E-state index in [1.807, 2.05) is 0 Å². The smallest absolute Gasteiger partial charge is 0.307 e. The van der Waals surface area contributed by atoms with Crippen LogP contribution in [-0.2, 0) is 9.59 Å². The number of carboxylic acids is 1. The van der Waals surface area contributed by atoms with Crippen LogP contribution in [0.4, 0.5) is 11.4 Å². The van der Waals surface area contributed by atoms with Crippen molar-refractivity contribution in [3.63, 3.8) is 0 Å². The van der Waals surface area contributed by atoms with Crippen molar-refractivity contribution >= 4 is 29.2 Å². The van der Waals surface area contributed by atoms with Crippen molar-refractivity contribution in [3.8, 4) is 5.75 Å². The van der Waals surface area contributed by atoms with Gasteiger partial charge >= 0.3 is 5.97 Å². The maximum Gasteiger partial charge on any atom is 0.307 e. The molecule has 2 aromatic rings. The van der Waals surface area contributed by atoms with Crippen LogP contribution in [0.1, 0.15) is 24.2 Å². The number of rotatable bonds is 6. The van der Waals surface area contributed by atoms with Gasteiger partial charge in [0.1, 0.15) is 5.75 Å². The second-order valence-corrected chi connectivity index (χ2v) is 7.36. The molecule has 0 radical (unpaired) electrons. The zero-order valence-electron chi connectivity index (χ0n) is 15.9. The first-order valence-corrected chi connectivity index (χ1v) is 8.83. The molecule has 28 heavy (non-hydrogen) atoms. The molecule has 7 nitrogen and oxygen atoms in total. The Hall–Kier alpha value is -3.35. The van der Waals surface area contributed by atoms with E-state index in [0.29, 0.717) is 22.7 Å². The highest BCUT2D eigenvalue weighted by atomic mass is 16.5. The molecule has 3 N–H and O–H groups in total. The van der Waals surface area contributed by atoms with Gasteiger partial charge in [0.25, 0.3) is 5.91 Å². The van der Waals surface area contributed by atoms with Crippen LogP contribution in [0.15, 0.2) is 48.5 Å². The van der Waals surface area contributed by atoms with Crippen LogP contribution in [0.25, 0.3) is 0 Å². The molecule has 1 aliphatic rings. The first-order chi connectivity index (χ1) is 13.2. The number of hydrogen-bond acceptors (Lipinski definition) is 4. The van der Waals surface area contributed by atoms with Crippen LogP contribution in [-0.4, -0.2) is 30.0 Å². The molecule has 0 aliphatic heterocycles. The first kappa shape index (κ1) is 19.4. The largest absolute Gasteiger partial charge is 0.497 e. The zero-order valence-corrected chi connectivity index (χ0v) is 15.9. The van der Waals surface area contributed by atoms with Gasteiger partial charge in [-0.1, -0.05) is 13.8 Å². The SMILES string of the molecule is COc1ccc(NC(=O)c2ccc(NC(=O)[C@@H]3[C@@H](C(=O)O)C3(C)C)cc2)cc1. The van der Waals surface area contributed by atoms with Crippen molar-refractivity contribution in [2.45, 2.75) is 13.8 Å². The molecule has 2 atom stereocenters. The predicted octanol–water partition coefficient (Wildman–Crippen LogP) is 3.24. The van der Waals surface area contributed by atoms with Crippen LogP contribution in [0.5, 0.6) is 5.75 Å². The third kappa shape index (κ3) is 3.83. The van der Waals surface area contributed by atoms with E-state index in [2.05, 4.69) is 10.6 Å². The first-order valence-electron chi connectivity index (χ1n) is 8.83. The number of methoxy groups -OCH3 is 1. The van der Waals surface area contributed by atoms with Gasteiger partial charge < -0.3 is 20.5 Å². The van der Waals surface area contributed by atoms with Crippen LogP contribution < -0.4 is 15.4 Å². The number of benzene rings is 2. The molecule has 1 saturated carbocycles. The van der Waals surface area contributed by atoms with Crippen molar-refractivity contribution in [2.75, 3.05) is 17.7 Å². The number of amides is 2. The summed E-state index contributed by atoms with van der Waals surface area (Å²) in [5.74, 6) is -2.12. The Labute approximate surface area is 162 Å². The maximum atomic E-state index is 12.4. The fourth-order valence-electron chi connectivity index (χ4n) is 3.39. The van der Waals surface area contributed by atoms with Crippen LogP contribution in [0, 0.1) is 17.3 Å². The normalized spacial score (nSPS) is 19.4. The summed E-state index contributed by atoms with van der Waals surface area (Å²) in [7, 11) is 1.57. The Morgan fingerprint density at radius 1 is 0.893 bits per heavy atom. The number of hydrogen-bond donors (Lipinski definition) is 3. The predicted molar refractivity (Wildman–Crippen MR) is 104 cm³/mol. The van der Waals surface area contributed by atoms with E-state index in [0.717, 1.165) is 0 Å². The Morgan fingerprint density at radius 3 is 1.93 bits per heavy atom. The lowest BCUT2D eigenvalue weighted by atomic mass is 10.1. The minimum atomic E-state index is -0.962. The molecule has 7 heteroatoms. The van der Waals surface area contributed by atoms with E-state index in [1.165, 1.54) is 0 Å². The van der Waals surface area contributed by atoms with Gasteiger partial charge in [-0.25, -0.2) is 0 Å². The van der Waals surface area contributed by atoms with E-state index in [1.54, 1.807) is 69.5 Å². The summed E-state index contributed by atoms with van der Waals surface area (Å²) in [4.78, 5) is 35.9. The average molecular weight is 382 g/mol. The lowest BCUT2D eigenvalue weighted by Crippen LogP contribution is -2.18. The third-order valence-corrected chi connectivity index (χ3v) is 5.14. The Kier molecular flexibility index (Phi) is 5.09. The van der Waals surface area contributed by atoms with Crippen molar-refractivity contribution in [2.24, 2.45) is 17.3 Å². The van der Waals surface area contributed by atoms with Crippen molar-refractivity contribution < 1.29 is 24.2 Å². The molecular weight excluding hydrogens is 360 g/mol. The number of aliphatic carboxylic acids is 1. The molecule has 0 heterocycles. The molecular formula is C21H22N2O5. The topological polar surface area (TPSA) is 105 Å². The summed E-state index contributed by atoms with van der Waals surface area (Å²) in [6.07, 6.45) is 0. The van der Waals surface area contributed by atoms with Crippen molar-refractivity contribution in [1.82, 2.24) is 0 Å². The van der Waals surface area contributed by atoms with E-state index in [-0.39, 0.29) is 11.8 Å². The average Bonchev–Trinajstić information content (AvgIpc) is 3.25. The van der Waals surface area contributed by atoms with E-state index < -0.39 is 23.2 Å². The van der Waals surface area contributed by atoms with Gasteiger partial charge in [0.2, 0.25) is 5.91 Å². The second-order valence-electron chi connectivity index (χ2n) is 7.36. The minimum absolute atomic E-state index is 0.280. The molecule has 0 spiro atoms. The number of ether oxygens (including phenoxy) is 1. The molecule has 0 unspecified atom stereocenters. The summed E-state index contributed by atoms with van der Waals surface area (Å²) >= 11 is 0. The highest BCUT2D eigenvalue weighted by Gasteiger charge is 2.65. The Bertz CT molecular complexity index is 903. The maximum absolute atomic E-state index is 12.4. The van der Waals surface area contributed by atoms with Gasteiger partial charge in [0.15, 0.2) is 0 Å². The van der Waals surface area contributed by atoms with Gasteiger partial charge in [0, 0.05) is 16.9 Å². The van der Waals surface area contributed by atoms with Crippen molar-refractivity contribution in [3.05, 3.63) is 54.1 Å². The highest BCUT2D eigenvalue weighted by molar-refractivity contribution is 6.05. The van der Waals surface area contributed by atoms with E-state index >= 15 is 0 Å². The number of carbonyl (C=O) groups excluding carboxylic acids is 2. The molecule has 0 aromatic heterocycles. The van der Waals surface area contributed by atoms with Gasteiger partial charge in [-0.05, 0) is 53.9 Å². The highest BCUT2D eigenvalue weighted by Crippen LogP contribution is 2.58. The monoisotopic (exact) mass is 382 g/mol. The lowest BCUT2D eigenvalue weighted by Gasteiger charge is -2.09. The molecule has 146 valence electrons. The van der Waals surface area contributed by atoms with Gasteiger partial charge in [-0.3, -0.25) is 14.4 Å². The molecule has 0 saturated heterocycles. The number of nitrogens with one attached hydrogen (secondary N) is 2. The molecule has 1 aliphatic carbocycles. The molecule has 2 aromatic carbocycles. The Balaban J connectivity index is 1.61. The molecule has 1 fully saturated rings. The fraction of sp³-hybridized carbons (Fsp3) is 0.286.